The van der Waals surface area contributed by atoms with E-state index in [0.29, 0.717) is 12.1 Å². The molecule has 0 aliphatic rings. The van der Waals surface area contributed by atoms with Crippen LogP contribution in [-0.2, 0) is 11.3 Å². The van der Waals surface area contributed by atoms with Crippen LogP contribution in [0.3, 0.4) is 0 Å². The van der Waals surface area contributed by atoms with Gasteiger partial charge in [-0.05, 0) is 18.1 Å². The Hall–Kier alpha value is -1.53. The first-order valence-electron chi connectivity index (χ1n) is 5.90. The van der Waals surface area contributed by atoms with Gasteiger partial charge in [0, 0.05) is 13.1 Å². The van der Waals surface area contributed by atoms with Crippen LogP contribution >= 0.6 is 0 Å². The average molecular weight is 273 g/mol. The van der Waals surface area contributed by atoms with Gasteiger partial charge in [0.15, 0.2) is 0 Å². The molecule has 3 N–H and O–H groups in total. The molecule has 1 rings (SSSR count). The smallest absolute Gasteiger partial charge is 0.310 e. The second-order valence-corrected chi connectivity index (χ2v) is 4.33. The second-order valence-electron chi connectivity index (χ2n) is 4.33. The minimum absolute atomic E-state index is 0.190. The third-order valence-corrected chi connectivity index (χ3v) is 2.82. The van der Waals surface area contributed by atoms with Gasteiger partial charge in [-0.15, -0.1) is 0 Å². The van der Waals surface area contributed by atoms with E-state index in [1.165, 1.54) is 0 Å². The van der Waals surface area contributed by atoms with Crippen molar-refractivity contribution < 1.29 is 23.8 Å². The molecule has 0 amide bonds. The highest BCUT2D eigenvalue weighted by atomic mass is 19.3. The number of hydrogen-bond donors (Lipinski definition) is 3. The van der Waals surface area contributed by atoms with Gasteiger partial charge in [0.1, 0.15) is 6.10 Å². The van der Waals surface area contributed by atoms with E-state index in [4.69, 9.17) is 10.2 Å². The molecule has 0 bridgehead atoms. The Morgan fingerprint density at radius 1 is 1.32 bits per heavy atom. The molecule has 106 valence electrons. The number of carboxylic acid groups (broad SMARTS) is 1. The first-order valence-corrected chi connectivity index (χ1v) is 5.90. The van der Waals surface area contributed by atoms with Crippen LogP contribution < -0.4 is 5.32 Å². The number of aliphatic hydroxyl groups is 1. The lowest BCUT2D eigenvalue weighted by molar-refractivity contribution is -0.138. The molecule has 6 heteroatoms. The van der Waals surface area contributed by atoms with Crippen LogP contribution in [-0.4, -0.2) is 35.3 Å². The van der Waals surface area contributed by atoms with Crippen molar-refractivity contribution in [3.63, 3.8) is 0 Å². The molecule has 0 fully saturated rings. The number of carbonyl (C=O) groups is 1. The van der Waals surface area contributed by atoms with Gasteiger partial charge >= 0.3 is 5.97 Å². The number of carboxylic acids is 1. The summed E-state index contributed by atoms with van der Waals surface area (Å²) in [6, 6.07) is 6.85. The summed E-state index contributed by atoms with van der Waals surface area (Å²) in [5.41, 5.74) is 1.52. The maximum atomic E-state index is 12.0. The number of nitrogens with one attached hydrogen (secondary N) is 1. The second kappa shape index (κ2) is 7.16. The van der Waals surface area contributed by atoms with E-state index in [1.807, 2.05) is 0 Å². The average Bonchev–Trinajstić information content (AvgIpc) is 2.38. The van der Waals surface area contributed by atoms with Crippen LogP contribution in [0.1, 0.15) is 24.0 Å². The van der Waals surface area contributed by atoms with E-state index in [9.17, 15) is 13.6 Å². The number of aliphatic hydroxyl groups excluding tert-OH is 1. The molecule has 2 atom stereocenters. The van der Waals surface area contributed by atoms with Crippen molar-refractivity contribution in [3.8, 4) is 0 Å². The fourth-order valence-electron chi connectivity index (χ4n) is 1.52. The quantitative estimate of drug-likeness (QED) is 0.705. The zero-order valence-corrected chi connectivity index (χ0v) is 10.5. The Bertz CT molecular complexity index is 409. The maximum Gasteiger partial charge on any atom is 0.310 e. The number of alkyl halides is 2. The van der Waals surface area contributed by atoms with Gasteiger partial charge in [0.2, 0.25) is 0 Å². The fraction of sp³-hybridized carbons (Fsp3) is 0.462. The lowest BCUT2D eigenvalue weighted by Crippen LogP contribution is -2.31. The minimum Gasteiger partial charge on any atom is -0.481 e. The third kappa shape index (κ3) is 4.92. The highest BCUT2D eigenvalue weighted by Crippen LogP contribution is 2.16. The molecular weight excluding hydrogens is 256 g/mol. The van der Waals surface area contributed by atoms with E-state index in [-0.39, 0.29) is 6.54 Å². The molecule has 0 spiro atoms. The topological polar surface area (TPSA) is 69.6 Å². The van der Waals surface area contributed by atoms with Crippen LogP contribution in [0.25, 0.3) is 0 Å². The molecule has 1 aromatic rings. The highest BCUT2D eigenvalue weighted by Gasteiger charge is 2.16. The Balaban J connectivity index is 2.47. The molecule has 0 aromatic heterocycles. The van der Waals surface area contributed by atoms with Crippen LogP contribution in [0.15, 0.2) is 24.3 Å². The third-order valence-electron chi connectivity index (χ3n) is 2.82. The summed E-state index contributed by atoms with van der Waals surface area (Å²) in [4.78, 5) is 10.8. The summed E-state index contributed by atoms with van der Waals surface area (Å²) in [7, 11) is 0. The summed E-state index contributed by atoms with van der Waals surface area (Å²) >= 11 is 0. The van der Waals surface area contributed by atoms with Crippen molar-refractivity contribution in [2.45, 2.75) is 31.9 Å². The Labute approximate surface area is 110 Å². The number of hydrogen-bond acceptors (Lipinski definition) is 3. The van der Waals surface area contributed by atoms with Crippen molar-refractivity contribution in [1.29, 1.82) is 0 Å². The first-order chi connectivity index (χ1) is 8.91. The maximum absolute atomic E-state index is 12.0. The predicted octanol–water partition coefficient (Wildman–Crippen LogP) is 1.59. The summed E-state index contributed by atoms with van der Waals surface area (Å²) < 4.78 is 24.1. The van der Waals surface area contributed by atoms with E-state index in [1.54, 1.807) is 31.2 Å². The summed E-state index contributed by atoms with van der Waals surface area (Å²) in [5.74, 6) is -1.48. The zero-order valence-electron chi connectivity index (χ0n) is 10.5. The molecule has 0 aliphatic heterocycles. The van der Waals surface area contributed by atoms with E-state index in [2.05, 4.69) is 5.32 Å². The van der Waals surface area contributed by atoms with Crippen molar-refractivity contribution in [3.05, 3.63) is 35.4 Å². The molecule has 0 radical (unpaired) electrons. The number of halogens is 2. The highest BCUT2D eigenvalue weighted by molar-refractivity contribution is 5.75. The molecule has 19 heavy (non-hydrogen) atoms. The molecule has 0 aliphatic carbocycles. The first kappa shape index (κ1) is 15.5. The Kier molecular flexibility index (Phi) is 5.85. The standard InChI is InChI=1S/C13H17F2NO3/c1-8(13(18)19)10-4-2-9(3-5-10)6-16-7-11(17)12(14)15/h2-5,8,11-12,16-17H,6-7H2,1H3,(H,18,19). The summed E-state index contributed by atoms with van der Waals surface area (Å²) in [6.45, 7) is 1.74. The molecule has 0 saturated carbocycles. The van der Waals surface area contributed by atoms with Gasteiger partial charge in [-0.3, -0.25) is 4.79 Å². The zero-order chi connectivity index (χ0) is 14.4. The molecule has 1 aromatic carbocycles. The fourth-order valence-corrected chi connectivity index (χ4v) is 1.52. The van der Waals surface area contributed by atoms with Gasteiger partial charge in [0.05, 0.1) is 5.92 Å². The van der Waals surface area contributed by atoms with Gasteiger partial charge < -0.3 is 15.5 Å². The van der Waals surface area contributed by atoms with Gasteiger partial charge in [-0.25, -0.2) is 8.78 Å². The van der Waals surface area contributed by atoms with E-state index >= 15 is 0 Å². The molecule has 4 nitrogen and oxygen atoms in total. The normalized spacial score (nSPS) is 14.4. The van der Waals surface area contributed by atoms with E-state index in [0.717, 1.165) is 5.56 Å². The number of benzene rings is 1. The number of rotatable bonds is 7. The van der Waals surface area contributed by atoms with Crippen LogP contribution in [0.4, 0.5) is 8.78 Å². The SMILES string of the molecule is CC(C(=O)O)c1ccc(CNCC(O)C(F)F)cc1. The van der Waals surface area contributed by atoms with E-state index < -0.39 is 24.4 Å². The monoisotopic (exact) mass is 273 g/mol. The largest absolute Gasteiger partial charge is 0.481 e. The molecule has 0 saturated heterocycles. The Morgan fingerprint density at radius 3 is 2.37 bits per heavy atom. The van der Waals surface area contributed by atoms with Crippen molar-refractivity contribution in [1.82, 2.24) is 5.32 Å². The van der Waals surface area contributed by atoms with Gasteiger partial charge in [0.25, 0.3) is 6.43 Å². The predicted molar refractivity (Wildman–Crippen MR) is 66.2 cm³/mol. The van der Waals surface area contributed by atoms with Crippen molar-refractivity contribution in [2.24, 2.45) is 0 Å². The van der Waals surface area contributed by atoms with Gasteiger partial charge in [-0.1, -0.05) is 24.3 Å². The minimum atomic E-state index is -2.76. The van der Waals surface area contributed by atoms with Crippen LogP contribution in [0.5, 0.6) is 0 Å². The Morgan fingerprint density at radius 2 is 1.89 bits per heavy atom. The number of aliphatic carboxylic acids is 1. The van der Waals surface area contributed by atoms with Gasteiger partial charge in [-0.2, -0.15) is 0 Å². The van der Waals surface area contributed by atoms with Crippen molar-refractivity contribution >= 4 is 5.97 Å². The van der Waals surface area contributed by atoms with Crippen molar-refractivity contribution in [2.75, 3.05) is 6.54 Å². The van der Waals surface area contributed by atoms with Crippen LogP contribution in [0, 0.1) is 0 Å². The molecule has 2 unspecified atom stereocenters. The lowest BCUT2D eigenvalue weighted by Gasteiger charge is -2.11. The summed E-state index contributed by atoms with van der Waals surface area (Å²) in [5, 5.41) is 20.5. The lowest BCUT2D eigenvalue weighted by atomic mass is 10.00. The van der Waals surface area contributed by atoms with Crippen LogP contribution in [0.2, 0.25) is 0 Å². The molecule has 0 heterocycles. The summed E-state index contributed by atoms with van der Waals surface area (Å²) in [6.07, 6.45) is -4.43. The molecular formula is C13H17F2NO3.